The van der Waals surface area contributed by atoms with Crippen molar-refractivity contribution >= 4 is 15.9 Å². The first kappa shape index (κ1) is 11.8. The van der Waals surface area contributed by atoms with E-state index in [1.54, 1.807) is 0 Å². The number of hydrogen-bond donors (Lipinski definition) is 1. The molecule has 1 aromatic heterocycles. The van der Waals surface area contributed by atoms with E-state index >= 15 is 0 Å². The number of benzene rings is 1. The van der Waals surface area contributed by atoms with Crippen molar-refractivity contribution in [1.82, 2.24) is 15.1 Å². The van der Waals surface area contributed by atoms with Gasteiger partial charge in [-0.25, -0.2) is 0 Å². The first-order valence-corrected chi connectivity index (χ1v) is 6.56. The molecular formula is C12H13BrN4O. The summed E-state index contributed by atoms with van der Waals surface area (Å²) >= 11 is 3.39. The van der Waals surface area contributed by atoms with Crippen LogP contribution in [-0.2, 0) is 6.54 Å². The first-order valence-electron chi connectivity index (χ1n) is 5.77. The lowest BCUT2D eigenvalue weighted by Gasteiger charge is -2.35. The van der Waals surface area contributed by atoms with Crippen molar-refractivity contribution in [3.63, 3.8) is 0 Å². The van der Waals surface area contributed by atoms with Crippen LogP contribution in [-0.4, -0.2) is 34.2 Å². The van der Waals surface area contributed by atoms with Gasteiger partial charge in [-0.05, 0) is 24.3 Å². The monoisotopic (exact) mass is 308 g/mol. The highest BCUT2D eigenvalue weighted by Crippen LogP contribution is 2.21. The van der Waals surface area contributed by atoms with Gasteiger partial charge in [0, 0.05) is 29.2 Å². The number of halogens is 1. The van der Waals surface area contributed by atoms with E-state index in [1.807, 2.05) is 24.3 Å². The molecule has 1 aromatic carbocycles. The molecule has 94 valence electrons. The molecule has 3 rings (SSSR count). The largest absolute Gasteiger partial charge is 0.419 e. The Morgan fingerprint density at radius 3 is 2.67 bits per heavy atom. The minimum absolute atomic E-state index is 0.291. The Bertz CT molecular complexity index is 533. The standard InChI is InChI=1S/C12H13BrN4O/c13-9-3-1-8(2-4-9)12-16-15-11(18-12)7-17-5-10(14)6-17/h1-4,10H,5-7,14H2. The molecule has 0 amide bonds. The SMILES string of the molecule is NC1CN(Cc2nnc(-c3ccc(Br)cc3)o2)C1. The van der Waals surface area contributed by atoms with Gasteiger partial charge in [-0.2, -0.15) is 0 Å². The summed E-state index contributed by atoms with van der Waals surface area (Å²) in [6, 6.07) is 8.09. The fourth-order valence-electron chi connectivity index (χ4n) is 1.96. The zero-order valence-electron chi connectivity index (χ0n) is 9.71. The summed E-state index contributed by atoms with van der Waals surface area (Å²) < 4.78 is 6.66. The van der Waals surface area contributed by atoms with Crippen LogP contribution in [0.2, 0.25) is 0 Å². The normalized spacial score (nSPS) is 16.8. The van der Waals surface area contributed by atoms with Crippen LogP contribution in [0.3, 0.4) is 0 Å². The molecule has 0 spiro atoms. The van der Waals surface area contributed by atoms with Gasteiger partial charge in [0.05, 0.1) is 6.54 Å². The number of rotatable bonds is 3. The highest BCUT2D eigenvalue weighted by Gasteiger charge is 2.24. The van der Waals surface area contributed by atoms with E-state index in [1.165, 1.54) is 0 Å². The van der Waals surface area contributed by atoms with Gasteiger partial charge in [0.15, 0.2) is 0 Å². The molecule has 0 bridgehead atoms. The Morgan fingerprint density at radius 1 is 1.28 bits per heavy atom. The third-order valence-electron chi connectivity index (χ3n) is 2.90. The van der Waals surface area contributed by atoms with Crippen LogP contribution in [0.1, 0.15) is 5.89 Å². The summed E-state index contributed by atoms with van der Waals surface area (Å²) in [5, 5.41) is 8.11. The lowest BCUT2D eigenvalue weighted by molar-refractivity contribution is 0.129. The van der Waals surface area contributed by atoms with Crippen molar-refractivity contribution in [2.75, 3.05) is 13.1 Å². The number of nitrogens with zero attached hydrogens (tertiary/aromatic N) is 3. The average Bonchev–Trinajstić information content (AvgIpc) is 2.77. The van der Waals surface area contributed by atoms with Crippen LogP contribution in [0, 0.1) is 0 Å². The van der Waals surface area contributed by atoms with Crippen molar-refractivity contribution < 1.29 is 4.42 Å². The van der Waals surface area contributed by atoms with Crippen molar-refractivity contribution in [3.8, 4) is 11.5 Å². The number of hydrogen-bond acceptors (Lipinski definition) is 5. The van der Waals surface area contributed by atoms with Gasteiger partial charge < -0.3 is 10.2 Å². The average molecular weight is 309 g/mol. The summed E-state index contributed by atoms with van der Waals surface area (Å²) in [6.07, 6.45) is 0. The predicted molar refractivity (Wildman–Crippen MR) is 70.7 cm³/mol. The maximum absolute atomic E-state index is 5.72. The zero-order chi connectivity index (χ0) is 12.5. The van der Waals surface area contributed by atoms with Crippen molar-refractivity contribution in [2.24, 2.45) is 5.73 Å². The molecule has 1 aliphatic rings. The maximum atomic E-state index is 5.72. The van der Waals surface area contributed by atoms with Gasteiger partial charge in [0.1, 0.15) is 0 Å². The molecule has 18 heavy (non-hydrogen) atoms. The minimum atomic E-state index is 0.291. The third-order valence-corrected chi connectivity index (χ3v) is 3.43. The minimum Gasteiger partial charge on any atom is -0.419 e. The second kappa shape index (κ2) is 4.79. The molecule has 1 saturated heterocycles. The fourth-order valence-corrected chi connectivity index (χ4v) is 2.22. The van der Waals surface area contributed by atoms with Crippen LogP contribution < -0.4 is 5.73 Å². The van der Waals surface area contributed by atoms with Crippen LogP contribution in [0.5, 0.6) is 0 Å². The molecule has 0 unspecified atom stereocenters. The van der Waals surface area contributed by atoms with Crippen molar-refractivity contribution in [1.29, 1.82) is 0 Å². The Labute approximate surface area is 113 Å². The van der Waals surface area contributed by atoms with E-state index in [-0.39, 0.29) is 0 Å². The molecule has 1 fully saturated rings. The Hall–Kier alpha value is -1.24. The van der Waals surface area contributed by atoms with Gasteiger partial charge in [-0.1, -0.05) is 15.9 Å². The van der Waals surface area contributed by atoms with E-state index in [0.717, 1.165) is 23.1 Å². The summed E-state index contributed by atoms with van der Waals surface area (Å²) in [6.45, 7) is 2.48. The predicted octanol–water partition coefficient (Wildman–Crippen LogP) is 1.64. The smallest absolute Gasteiger partial charge is 0.247 e. The molecule has 0 radical (unpaired) electrons. The highest BCUT2D eigenvalue weighted by atomic mass is 79.9. The molecule has 2 aromatic rings. The highest BCUT2D eigenvalue weighted by molar-refractivity contribution is 9.10. The van der Waals surface area contributed by atoms with Crippen molar-refractivity contribution in [2.45, 2.75) is 12.6 Å². The lowest BCUT2D eigenvalue weighted by atomic mass is 10.1. The van der Waals surface area contributed by atoms with E-state index in [4.69, 9.17) is 10.2 Å². The second-order valence-electron chi connectivity index (χ2n) is 4.46. The lowest BCUT2D eigenvalue weighted by Crippen LogP contribution is -2.54. The van der Waals surface area contributed by atoms with Crippen LogP contribution >= 0.6 is 15.9 Å². The molecule has 5 nitrogen and oxygen atoms in total. The van der Waals surface area contributed by atoms with Gasteiger partial charge >= 0.3 is 0 Å². The van der Waals surface area contributed by atoms with Crippen LogP contribution in [0.4, 0.5) is 0 Å². The second-order valence-corrected chi connectivity index (χ2v) is 5.38. The van der Waals surface area contributed by atoms with Crippen LogP contribution in [0.25, 0.3) is 11.5 Å². The zero-order valence-corrected chi connectivity index (χ0v) is 11.3. The Morgan fingerprint density at radius 2 is 2.00 bits per heavy atom. The molecule has 2 heterocycles. The number of likely N-dealkylation sites (tertiary alicyclic amines) is 1. The molecule has 0 aliphatic carbocycles. The summed E-state index contributed by atoms with van der Waals surface area (Å²) in [4.78, 5) is 2.18. The van der Waals surface area contributed by atoms with Crippen molar-refractivity contribution in [3.05, 3.63) is 34.6 Å². The Balaban J connectivity index is 1.71. The molecule has 0 saturated carbocycles. The topological polar surface area (TPSA) is 68.2 Å². The number of nitrogens with two attached hydrogens (primary N) is 1. The Kier molecular flexibility index (Phi) is 3.15. The molecule has 2 N–H and O–H groups in total. The number of aromatic nitrogens is 2. The molecule has 1 aliphatic heterocycles. The van der Waals surface area contributed by atoms with Gasteiger partial charge in [0.25, 0.3) is 0 Å². The van der Waals surface area contributed by atoms with E-state index in [2.05, 4.69) is 31.0 Å². The molecule has 6 heteroatoms. The van der Waals surface area contributed by atoms with Gasteiger partial charge in [-0.15, -0.1) is 10.2 Å². The van der Waals surface area contributed by atoms with E-state index in [0.29, 0.717) is 24.4 Å². The van der Waals surface area contributed by atoms with Crippen LogP contribution in [0.15, 0.2) is 33.2 Å². The van der Waals surface area contributed by atoms with Gasteiger partial charge in [0.2, 0.25) is 11.8 Å². The molecule has 0 atom stereocenters. The fraction of sp³-hybridized carbons (Fsp3) is 0.333. The quantitative estimate of drug-likeness (QED) is 0.933. The molecular weight excluding hydrogens is 296 g/mol. The van der Waals surface area contributed by atoms with E-state index in [9.17, 15) is 0 Å². The summed E-state index contributed by atoms with van der Waals surface area (Å²) in [5.74, 6) is 1.20. The first-order chi connectivity index (χ1) is 8.70. The summed E-state index contributed by atoms with van der Waals surface area (Å²) in [5.41, 5.74) is 6.65. The summed E-state index contributed by atoms with van der Waals surface area (Å²) in [7, 11) is 0. The third kappa shape index (κ3) is 2.45. The maximum Gasteiger partial charge on any atom is 0.247 e. The van der Waals surface area contributed by atoms with E-state index < -0.39 is 0 Å². The van der Waals surface area contributed by atoms with Gasteiger partial charge in [-0.3, -0.25) is 4.90 Å².